The molecule has 0 aliphatic heterocycles. The van der Waals surface area contributed by atoms with Crippen LogP contribution in [0.4, 0.5) is 34.8 Å². The molecule has 1 aliphatic carbocycles. The lowest BCUT2D eigenvalue weighted by Crippen LogP contribution is -2.45. The highest BCUT2D eigenvalue weighted by molar-refractivity contribution is 7.98. The molecule has 1 fully saturated rings. The van der Waals surface area contributed by atoms with Crippen LogP contribution < -0.4 is 20.2 Å². The number of carbonyl (C=O) groups is 1. The van der Waals surface area contributed by atoms with Crippen molar-refractivity contribution in [1.29, 1.82) is 0 Å². The largest absolute Gasteiger partial charge is 0.350 e. The van der Waals surface area contributed by atoms with E-state index in [1.54, 1.807) is 13.0 Å². The smallest absolute Gasteiger partial charge is 0.277 e. The number of hydrogen-bond donors (Lipinski definition) is 4. The molecular formula is C26H27F4N5O2S. The van der Waals surface area contributed by atoms with Crippen LogP contribution in [-0.2, 0) is 11.3 Å². The number of rotatable bonds is 10. The maximum Gasteiger partial charge on any atom is 0.277 e. The van der Waals surface area contributed by atoms with Gasteiger partial charge in [-0.05, 0) is 74.1 Å². The zero-order chi connectivity index (χ0) is 27.4. The summed E-state index contributed by atoms with van der Waals surface area (Å²) in [5.74, 6) is -5.18. The van der Waals surface area contributed by atoms with Gasteiger partial charge in [-0.15, -0.1) is 0 Å². The number of benzene rings is 2. The number of hydroxylamine groups is 1. The fourth-order valence-corrected chi connectivity index (χ4v) is 4.76. The van der Waals surface area contributed by atoms with Crippen molar-refractivity contribution >= 4 is 35.2 Å². The molecular weight excluding hydrogens is 522 g/mol. The van der Waals surface area contributed by atoms with Gasteiger partial charge < -0.3 is 5.32 Å². The summed E-state index contributed by atoms with van der Waals surface area (Å²) in [6.07, 6.45) is 4.09. The van der Waals surface area contributed by atoms with Crippen molar-refractivity contribution in [3.63, 3.8) is 0 Å². The predicted molar refractivity (Wildman–Crippen MR) is 139 cm³/mol. The Balaban J connectivity index is 1.63. The van der Waals surface area contributed by atoms with Gasteiger partial charge in [0.15, 0.2) is 23.3 Å². The highest BCUT2D eigenvalue weighted by atomic mass is 32.2. The Bertz CT molecular complexity index is 1350. The molecule has 1 saturated carbocycles. The summed E-state index contributed by atoms with van der Waals surface area (Å²) in [7, 11) is 1.17. The van der Waals surface area contributed by atoms with E-state index in [0.29, 0.717) is 5.56 Å². The van der Waals surface area contributed by atoms with Crippen molar-refractivity contribution in [3.8, 4) is 0 Å². The van der Waals surface area contributed by atoms with Gasteiger partial charge in [0.05, 0.1) is 24.0 Å². The second kappa shape index (κ2) is 11.6. The first-order chi connectivity index (χ1) is 18.1. The van der Waals surface area contributed by atoms with Crippen molar-refractivity contribution in [3.05, 3.63) is 82.1 Å². The zero-order valence-corrected chi connectivity index (χ0v) is 21.8. The minimum atomic E-state index is -1.43. The third kappa shape index (κ3) is 6.03. The van der Waals surface area contributed by atoms with E-state index >= 15 is 13.2 Å². The summed E-state index contributed by atoms with van der Waals surface area (Å²) >= 11 is 1.10. The van der Waals surface area contributed by atoms with Crippen LogP contribution in [0.3, 0.4) is 0 Å². The number of carbonyl (C=O) groups excluding carboxylic acids is 1. The van der Waals surface area contributed by atoms with E-state index in [1.165, 1.54) is 31.5 Å². The van der Waals surface area contributed by atoms with Gasteiger partial charge in [0, 0.05) is 30.3 Å². The molecule has 0 saturated heterocycles. The minimum absolute atomic E-state index is 0.0274. The third-order valence-corrected chi connectivity index (χ3v) is 7.25. The van der Waals surface area contributed by atoms with Gasteiger partial charge in [0.25, 0.3) is 5.91 Å². The van der Waals surface area contributed by atoms with Gasteiger partial charge in [-0.2, -0.15) is 0 Å². The number of hydrogen-bond acceptors (Lipinski definition) is 7. The maximum atomic E-state index is 15.3. The number of nitrogens with zero attached hydrogens (tertiary/aromatic N) is 1. The summed E-state index contributed by atoms with van der Waals surface area (Å²) in [5, 5.41) is 2.46. The Labute approximate surface area is 222 Å². The highest BCUT2D eigenvalue weighted by Crippen LogP contribution is 2.34. The zero-order valence-electron chi connectivity index (χ0n) is 21.0. The Hall–Kier alpha value is -3.35. The number of anilines is 3. The molecule has 0 atom stereocenters. The third-order valence-electron chi connectivity index (χ3n) is 6.36. The molecule has 0 unspecified atom stereocenters. The summed E-state index contributed by atoms with van der Waals surface area (Å²) in [4.78, 5) is 21.3. The first kappa shape index (κ1) is 27.7. The molecule has 202 valence electrons. The summed E-state index contributed by atoms with van der Waals surface area (Å²) < 4.78 is 66.2. The van der Waals surface area contributed by atoms with Crippen molar-refractivity contribution in [1.82, 2.24) is 15.2 Å². The van der Waals surface area contributed by atoms with Crippen LogP contribution in [-0.4, -0.2) is 23.5 Å². The molecule has 38 heavy (non-hydrogen) atoms. The van der Waals surface area contributed by atoms with E-state index in [2.05, 4.69) is 31.5 Å². The Morgan fingerprint density at radius 2 is 1.84 bits per heavy atom. The average Bonchev–Trinajstić information content (AvgIpc) is 2.86. The molecule has 0 spiro atoms. The molecule has 1 heterocycles. The molecule has 0 bridgehead atoms. The lowest BCUT2D eigenvalue weighted by atomic mass is 9.80. The van der Waals surface area contributed by atoms with Crippen LogP contribution in [0.1, 0.15) is 53.2 Å². The second-order valence-electron chi connectivity index (χ2n) is 9.36. The molecule has 1 aromatic heterocycles. The summed E-state index contributed by atoms with van der Waals surface area (Å²) in [6, 6.07) is 6.53. The lowest BCUT2D eigenvalue weighted by Gasteiger charge is -2.38. The summed E-state index contributed by atoms with van der Waals surface area (Å²) in [5.41, 5.74) is 1.26. The number of halogens is 4. The van der Waals surface area contributed by atoms with E-state index < -0.39 is 34.9 Å². The standard InChI is InChI=1S/C26H27F4N5O2S/c1-14-5-6-19(18(27)11-14)32-23-17(25(36)33-37-3)13-16(20(28)22(23)30)12-15-7-10-31-24(21(15)29)34-38-35-26(2)8-4-9-26/h5-7,10-11,13,32,35H,4,8-9,12H2,1-3H3,(H,31,34)(H,33,36). The molecule has 1 amide bonds. The van der Waals surface area contributed by atoms with E-state index in [-0.39, 0.29) is 40.2 Å². The van der Waals surface area contributed by atoms with Crippen LogP contribution in [0, 0.1) is 30.2 Å². The lowest BCUT2D eigenvalue weighted by molar-refractivity contribution is 0.0538. The van der Waals surface area contributed by atoms with Gasteiger partial charge in [-0.25, -0.2) is 32.7 Å². The number of pyridine rings is 1. The Kier molecular flexibility index (Phi) is 8.44. The Morgan fingerprint density at radius 1 is 1.08 bits per heavy atom. The van der Waals surface area contributed by atoms with Crippen LogP contribution in [0.15, 0.2) is 36.5 Å². The van der Waals surface area contributed by atoms with Gasteiger partial charge in [0.2, 0.25) is 0 Å². The molecule has 4 rings (SSSR count). The topological polar surface area (TPSA) is 87.3 Å². The van der Waals surface area contributed by atoms with E-state index in [9.17, 15) is 9.18 Å². The van der Waals surface area contributed by atoms with Crippen molar-refractivity contribution in [2.75, 3.05) is 17.1 Å². The molecule has 1 aliphatic rings. The van der Waals surface area contributed by atoms with Crippen molar-refractivity contribution in [2.45, 2.75) is 45.1 Å². The molecule has 7 nitrogen and oxygen atoms in total. The van der Waals surface area contributed by atoms with Crippen molar-refractivity contribution in [2.24, 2.45) is 0 Å². The van der Waals surface area contributed by atoms with Gasteiger partial charge in [-0.1, -0.05) is 6.07 Å². The highest BCUT2D eigenvalue weighted by Gasteiger charge is 2.31. The first-order valence-electron chi connectivity index (χ1n) is 11.8. The van der Waals surface area contributed by atoms with Crippen molar-refractivity contribution < 1.29 is 27.2 Å². The molecule has 12 heteroatoms. The van der Waals surface area contributed by atoms with E-state index in [0.717, 1.165) is 37.5 Å². The number of aryl methyl sites for hydroxylation is 1. The average molecular weight is 550 g/mol. The second-order valence-corrected chi connectivity index (χ2v) is 9.97. The van der Waals surface area contributed by atoms with Crippen LogP contribution in [0.25, 0.3) is 0 Å². The van der Waals surface area contributed by atoms with Gasteiger partial charge >= 0.3 is 0 Å². The van der Waals surface area contributed by atoms with E-state index in [4.69, 9.17) is 0 Å². The quantitative estimate of drug-likeness (QED) is 0.139. The maximum absolute atomic E-state index is 15.3. The molecule has 2 aromatic carbocycles. The van der Waals surface area contributed by atoms with E-state index in [1.807, 2.05) is 5.48 Å². The van der Waals surface area contributed by atoms with Crippen LogP contribution in [0.2, 0.25) is 0 Å². The number of nitrogens with one attached hydrogen (secondary N) is 4. The fourth-order valence-electron chi connectivity index (χ4n) is 4.02. The normalized spacial score (nSPS) is 14.1. The molecule has 0 radical (unpaired) electrons. The molecule has 3 aromatic rings. The van der Waals surface area contributed by atoms with Gasteiger partial charge in [0.1, 0.15) is 5.82 Å². The van der Waals surface area contributed by atoms with Gasteiger partial charge in [-0.3, -0.25) is 14.4 Å². The van der Waals surface area contributed by atoms with Crippen LogP contribution >= 0.6 is 12.1 Å². The number of amides is 1. The Morgan fingerprint density at radius 3 is 2.50 bits per heavy atom. The summed E-state index contributed by atoms with van der Waals surface area (Å²) in [6.45, 7) is 3.73. The monoisotopic (exact) mass is 549 g/mol. The number of aromatic nitrogens is 1. The molecule has 4 N–H and O–H groups in total. The van der Waals surface area contributed by atoms with Crippen LogP contribution in [0.5, 0.6) is 0 Å². The SMILES string of the molecule is CONC(=O)c1cc(Cc2ccnc(NSNC3(C)CCC3)c2F)c(F)c(F)c1Nc1ccc(C)cc1F. The predicted octanol–water partition coefficient (Wildman–Crippen LogP) is 6.08. The fraction of sp³-hybridized carbons (Fsp3) is 0.308. The minimum Gasteiger partial charge on any atom is -0.350 e. The first-order valence-corrected chi connectivity index (χ1v) is 12.6.